The van der Waals surface area contributed by atoms with Crippen molar-refractivity contribution in [2.45, 2.75) is 76.9 Å². The molecule has 1 atom stereocenters. The molecule has 0 saturated heterocycles. The summed E-state index contributed by atoms with van der Waals surface area (Å²) >= 11 is 0. The number of nitrogens with zero attached hydrogens (tertiary/aromatic N) is 2. The Kier molecular flexibility index (Phi) is 9.93. The van der Waals surface area contributed by atoms with E-state index in [1.807, 2.05) is 51.1 Å². The zero-order valence-electron chi connectivity index (χ0n) is 25.1. The lowest BCUT2D eigenvalue weighted by atomic mass is 10.1. The molecule has 0 aliphatic heterocycles. The van der Waals surface area contributed by atoms with Crippen molar-refractivity contribution in [1.82, 2.24) is 10.2 Å². The predicted octanol–water partition coefficient (Wildman–Crippen LogP) is 5.29. The maximum absolute atomic E-state index is 14.2. The third kappa shape index (κ3) is 7.13. The van der Waals surface area contributed by atoms with E-state index in [0.717, 1.165) is 47.9 Å². The highest BCUT2D eigenvalue weighted by molar-refractivity contribution is 7.92. The molecule has 0 heterocycles. The van der Waals surface area contributed by atoms with Gasteiger partial charge in [0.2, 0.25) is 11.8 Å². The minimum absolute atomic E-state index is 0.0853. The van der Waals surface area contributed by atoms with E-state index in [-0.39, 0.29) is 23.4 Å². The van der Waals surface area contributed by atoms with Crippen molar-refractivity contribution in [1.29, 1.82) is 0 Å². The zero-order chi connectivity index (χ0) is 30.4. The summed E-state index contributed by atoms with van der Waals surface area (Å²) in [4.78, 5) is 29.2. The summed E-state index contributed by atoms with van der Waals surface area (Å²) < 4.78 is 34.7. The van der Waals surface area contributed by atoms with Crippen LogP contribution in [0.4, 0.5) is 5.69 Å². The van der Waals surface area contributed by atoms with Gasteiger partial charge in [-0.05, 0) is 87.6 Å². The van der Waals surface area contributed by atoms with Crippen LogP contribution in [-0.2, 0) is 26.2 Å². The van der Waals surface area contributed by atoms with Gasteiger partial charge in [-0.2, -0.15) is 0 Å². The largest absolute Gasteiger partial charge is 0.497 e. The van der Waals surface area contributed by atoms with Gasteiger partial charge in [0, 0.05) is 12.6 Å². The van der Waals surface area contributed by atoms with Gasteiger partial charge in [0.25, 0.3) is 10.0 Å². The Hall–Kier alpha value is -3.85. The highest BCUT2D eigenvalue weighted by Gasteiger charge is 2.34. The molecule has 42 heavy (non-hydrogen) atoms. The molecular formula is C33H41N3O5S. The minimum Gasteiger partial charge on any atom is -0.497 e. The molecule has 0 bridgehead atoms. The van der Waals surface area contributed by atoms with Crippen molar-refractivity contribution in [3.05, 3.63) is 89.0 Å². The van der Waals surface area contributed by atoms with E-state index < -0.39 is 28.5 Å². The molecule has 1 aliphatic carbocycles. The first-order valence-electron chi connectivity index (χ1n) is 14.4. The first-order chi connectivity index (χ1) is 20.0. The summed E-state index contributed by atoms with van der Waals surface area (Å²) in [6.07, 6.45) is 3.95. The summed E-state index contributed by atoms with van der Waals surface area (Å²) in [7, 11) is -2.55. The number of benzene rings is 3. The molecular weight excluding hydrogens is 550 g/mol. The average Bonchev–Trinajstić information content (AvgIpc) is 3.49. The number of sulfonamides is 1. The number of nitrogens with one attached hydrogen (secondary N) is 1. The number of methoxy groups -OCH3 is 1. The van der Waals surface area contributed by atoms with Crippen LogP contribution in [0, 0.1) is 20.8 Å². The SMILES string of the molecule is COc1cccc(CN(C(=O)CN(c2cccc(C)c2C)S(=O)(=O)c2ccc(C)cc2)[C@H](C)C(=O)NC2CCCC2)c1. The van der Waals surface area contributed by atoms with Gasteiger partial charge in [-0.25, -0.2) is 8.42 Å². The van der Waals surface area contributed by atoms with Crippen LogP contribution >= 0.6 is 0 Å². The number of aryl methyl sites for hydroxylation is 2. The molecule has 1 N–H and O–H groups in total. The van der Waals surface area contributed by atoms with Crippen molar-refractivity contribution in [3.8, 4) is 5.75 Å². The Morgan fingerprint density at radius 2 is 1.64 bits per heavy atom. The van der Waals surface area contributed by atoms with Gasteiger partial charge >= 0.3 is 0 Å². The van der Waals surface area contributed by atoms with Gasteiger partial charge in [-0.15, -0.1) is 0 Å². The summed E-state index contributed by atoms with van der Waals surface area (Å²) in [6, 6.07) is 18.5. The van der Waals surface area contributed by atoms with Gasteiger partial charge in [-0.3, -0.25) is 13.9 Å². The van der Waals surface area contributed by atoms with Crippen molar-refractivity contribution >= 4 is 27.5 Å². The maximum atomic E-state index is 14.2. The van der Waals surface area contributed by atoms with E-state index in [4.69, 9.17) is 4.74 Å². The fourth-order valence-electron chi connectivity index (χ4n) is 5.30. The van der Waals surface area contributed by atoms with E-state index in [1.54, 1.807) is 50.4 Å². The van der Waals surface area contributed by atoms with Crippen LogP contribution in [0.1, 0.15) is 54.9 Å². The van der Waals surface area contributed by atoms with Crippen molar-refractivity contribution in [3.63, 3.8) is 0 Å². The zero-order valence-corrected chi connectivity index (χ0v) is 25.9. The number of hydrogen-bond acceptors (Lipinski definition) is 5. The molecule has 1 aliphatic rings. The number of carbonyl (C=O) groups excluding carboxylic acids is 2. The quantitative estimate of drug-likeness (QED) is 0.327. The Morgan fingerprint density at radius 1 is 0.976 bits per heavy atom. The normalized spacial score (nSPS) is 14.3. The topological polar surface area (TPSA) is 96.0 Å². The number of ether oxygens (including phenoxy) is 1. The third-order valence-corrected chi connectivity index (χ3v) is 9.86. The van der Waals surface area contributed by atoms with Gasteiger partial charge < -0.3 is 15.0 Å². The monoisotopic (exact) mass is 591 g/mol. The lowest BCUT2D eigenvalue weighted by Gasteiger charge is -2.33. The Morgan fingerprint density at radius 3 is 2.31 bits per heavy atom. The minimum atomic E-state index is -4.12. The van der Waals surface area contributed by atoms with E-state index in [0.29, 0.717) is 11.4 Å². The number of hydrogen-bond donors (Lipinski definition) is 1. The van der Waals surface area contributed by atoms with Crippen molar-refractivity contribution < 1.29 is 22.7 Å². The van der Waals surface area contributed by atoms with Crippen LogP contribution in [0.2, 0.25) is 0 Å². The third-order valence-electron chi connectivity index (χ3n) is 8.09. The fraction of sp³-hybridized carbons (Fsp3) is 0.394. The van der Waals surface area contributed by atoms with Gasteiger partial charge in [0.1, 0.15) is 18.3 Å². The number of amides is 2. The predicted molar refractivity (Wildman–Crippen MR) is 165 cm³/mol. The summed E-state index contributed by atoms with van der Waals surface area (Å²) in [6.45, 7) is 6.97. The Labute approximate surface area is 249 Å². The molecule has 224 valence electrons. The lowest BCUT2D eigenvalue weighted by Crippen LogP contribution is -2.52. The molecule has 1 saturated carbocycles. The number of anilines is 1. The maximum Gasteiger partial charge on any atom is 0.264 e. The molecule has 1 fully saturated rings. The number of carbonyl (C=O) groups is 2. The Balaban J connectivity index is 1.72. The van der Waals surface area contributed by atoms with Gasteiger partial charge in [0.15, 0.2) is 0 Å². The lowest BCUT2D eigenvalue weighted by molar-refractivity contribution is -0.139. The van der Waals surface area contributed by atoms with Gasteiger partial charge in [0.05, 0.1) is 17.7 Å². The number of rotatable bonds is 11. The highest BCUT2D eigenvalue weighted by atomic mass is 32.2. The van der Waals surface area contributed by atoms with Crippen LogP contribution < -0.4 is 14.4 Å². The van der Waals surface area contributed by atoms with Crippen LogP contribution in [0.25, 0.3) is 0 Å². The van der Waals surface area contributed by atoms with E-state index in [1.165, 1.54) is 9.21 Å². The molecule has 0 radical (unpaired) electrons. The van der Waals surface area contributed by atoms with E-state index in [2.05, 4.69) is 5.32 Å². The van der Waals surface area contributed by atoms with Crippen molar-refractivity contribution in [2.24, 2.45) is 0 Å². The second-order valence-corrected chi connectivity index (χ2v) is 12.9. The molecule has 2 amide bonds. The molecule has 3 aromatic rings. The smallest absolute Gasteiger partial charge is 0.264 e. The first kappa shape index (κ1) is 31.1. The van der Waals surface area contributed by atoms with Gasteiger partial charge in [-0.1, -0.05) is 54.8 Å². The van der Waals surface area contributed by atoms with Crippen LogP contribution in [0.15, 0.2) is 71.6 Å². The van der Waals surface area contributed by atoms with E-state index in [9.17, 15) is 18.0 Å². The summed E-state index contributed by atoms with van der Waals surface area (Å²) in [5.41, 5.74) is 3.78. The molecule has 4 rings (SSSR count). The molecule has 0 spiro atoms. The van der Waals surface area contributed by atoms with Crippen LogP contribution in [-0.4, -0.2) is 50.9 Å². The second-order valence-electron chi connectivity index (χ2n) is 11.1. The Bertz CT molecular complexity index is 1510. The highest BCUT2D eigenvalue weighted by Crippen LogP contribution is 2.29. The fourth-order valence-corrected chi connectivity index (χ4v) is 6.77. The van der Waals surface area contributed by atoms with E-state index >= 15 is 0 Å². The molecule has 9 heteroatoms. The molecule has 0 unspecified atom stereocenters. The van der Waals surface area contributed by atoms with Crippen LogP contribution in [0.5, 0.6) is 5.75 Å². The molecule has 3 aromatic carbocycles. The molecule has 8 nitrogen and oxygen atoms in total. The summed E-state index contributed by atoms with van der Waals surface area (Å²) in [5.74, 6) is -0.108. The first-order valence-corrected chi connectivity index (χ1v) is 15.8. The second kappa shape index (κ2) is 13.4. The summed E-state index contributed by atoms with van der Waals surface area (Å²) in [5, 5.41) is 3.10. The standard InChI is InChI=1S/C33H41N3O5S/c1-23-16-18-30(19-17-23)42(39,40)36(31-15-8-10-24(2)25(31)3)22-32(37)35(21-27-11-9-14-29(20-27)41-5)26(4)33(38)34-28-12-6-7-13-28/h8-11,14-20,26,28H,6-7,12-13,21-22H2,1-5H3,(H,34,38)/t26-/m1/s1. The molecule has 0 aromatic heterocycles. The van der Waals surface area contributed by atoms with Crippen LogP contribution in [0.3, 0.4) is 0 Å². The van der Waals surface area contributed by atoms with Crippen molar-refractivity contribution in [2.75, 3.05) is 18.0 Å². The average molecular weight is 592 g/mol.